The fraction of sp³-hybridized carbons (Fsp3) is 0.714. The SMILES string of the molecule is O=[PH](OCCC1CC=CC1)OCCC1CC=CC1. The summed E-state index contributed by atoms with van der Waals surface area (Å²) in [4.78, 5) is 0. The summed E-state index contributed by atoms with van der Waals surface area (Å²) >= 11 is 0. The zero-order valence-electron chi connectivity index (χ0n) is 10.8. The monoisotopic (exact) mass is 270 g/mol. The maximum atomic E-state index is 11.5. The van der Waals surface area contributed by atoms with E-state index >= 15 is 0 Å². The Morgan fingerprint density at radius 1 is 0.833 bits per heavy atom. The predicted octanol–water partition coefficient (Wildman–Crippen LogP) is 4.12. The van der Waals surface area contributed by atoms with E-state index in [1.54, 1.807) is 0 Å². The van der Waals surface area contributed by atoms with Gasteiger partial charge in [-0.15, -0.1) is 0 Å². The quantitative estimate of drug-likeness (QED) is 0.491. The van der Waals surface area contributed by atoms with E-state index in [1.807, 2.05) is 0 Å². The minimum absolute atomic E-state index is 0.565. The lowest BCUT2D eigenvalue weighted by Gasteiger charge is -2.11. The highest BCUT2D eigenvalue weighted by Gasteiger charge is 2.12. The van der Waals surface area contributed by atoms with Crippen molar-refractivity contribution in [1.82, 2.24) is 0 Å². The van der Waals surface area contributed by atoms with Gasteiger partial charge >= 0.3 is 8.25 Å². The van der Waals surface area contributed by atoms with Crippen LogP contribution in [-0.4, -0.2) is 13.2 Å². The van der Waals surface area contributed by atoms with Gasteiger partial charge in [-0.05, 0) is 50.4 Å². The minimum atomic E-state index is -2.26. The molecule has 0 saturated carbocycles. The van der Waals surface area contributed by atoms with Crippen LogP contribution in [0, 0.1) is 11.8 Å². The molecule has 0 heterocycles. The van der Waals surface area contributed by atoms with Crippen molar-refractivity contribution in [2.24, 2.45) is 11.8 Å². The van der Waals surface area contributed by atoms with Crippen LogP contribution >= 0.6 is 8.25 Å². The van der Waals surface area contributed by atoms with Crippen molar-refractivity contribution in [3.8, 4) is 0 Å². The largest absolute Gasteiger partial charge is 0.319 e. The van der Waals surface area contributed by atoms with E-state index in [1.165, 1.54) is 0 Å². The first-order valence-corrected chi connectivity index (χ1v) is 8.16. The minimum Gasteiger partial charge on any atom is -0.311 e. The van der Waals surface area contributed by atoms with E-state index in [-0.39, 0.29) is 0 Å². The molecule has 0 N–H and O–H groups in total. The van der Waals surface area contributed by atoms with Crippen molar-refractivity contribution in [1.29, 1.82) is 0 Å². The van der Waals surface area contributed by atoms with Gasteiger partial charge in [0.2, 0.25) is 0 Å². The number of hydrogen-bond donors (Lipinski definition) is 0. The lowest BCUT2D eigenvalue weighted by molar-refractivity contribution is 0.204. The molecule has 102 valence electrons. The summed E-state index contributed by atoms with van der Waals surface area (Å²) in [6.45, 7) is 1.13. The third-order valence-corrected chi connectivity index (χ3v) is 4.58. The topological polar surface area (TPSA) is 35.5 Å². The van der Waals surface area contributed by atoms with Gasteiger partial charge in [-0.2, -0.15) is 0 Å². The molecular formula is C14H23O3P. The lowest BCUT2D eigenvalue weighted by Crippen LogP contribution is -2.01. The predicted molar refractivity (Wildman–Crippen MR) is 73.9 cm³/mol. The summed E-state index contributed by atoms with van der Waals surface area (Å²) in [5.74, 6) is 1.37. The summed E-state index contributed by atoms with van der Waals surface area (Å²) in [6.07, 6.45) is 15.4. The molecule has 0 radical (unpaired) electrons. The van der Waals surface area contributed by atoms with Crippen molar-refractivity contribution < 1.29 is 13.6 Å². The summed E-state index contributed by atoms with van der Waals surface area (Å²) in [5.41, 5.74) is 0. The van der Waals surface area contributed by atoms with E-state index in [9.17, 15) is 4.57 Å². The molecule has 0 fully saturated rings. The molecule has 0 aromatic heterocycles. The van der Waals surface area contributed by atoms with Gasteiger partial charge in [0.05, 0.1) is 13.2 Å². The van der Waals surface area contributed by atoms with Crippen LogP contribution in [0.5, 0.6) is 0 Å². The highest BCUT2D eigenvalue weighted by atomic mass is 31.1. The Labute approximate surface area is 110 Å². The van der Waals surface area contributed by atoms with Crippen LogP contribution in [0.4, 0.5) is 0 Å². The molecule has 18 heavy (non-hydrogen) atoms. The van der Waals surface area contributed by atoms with Crippen molar-refractivity contribution in [2.45, 2.75) is 38.5 Å². The molecule has 2 aliphatic carbocycles. The Morgan fingerprint density at radius 2 is 1.22 bits per heavy atom. The van der Waals surface area contributed by atoms with Crippen molar-refractivity contribution in [3.05, 3.63) is 24.3 Å². The van der Waals surface area contributed by atoms with Gasteiger partial charge in [0, 0.05) is 0 Å². The number of rotatable bonds is 8. The van der Waals surface area contributed by atoms with Crippen molar-refractivity contribution in [2.75, 3.05) is 13.2 Å². The normalized spacial score (nSPS) is 20.5. The van der Waals surface area contributed by atoms with Crippen molar-refractivity contribution in [3.63, 3.8) is 0 Å². The molecule has 0 spiro atoms. The highest BCUT2D eigenvalue weighted by Crippen LogP contribution is 2.29. The second kappa shape index (κ2) is 7.93. The Hall–Kier alpha value is -0.370. The van der Waals surface area contributed by atoms with E-state index in [4.69, 9.17) is 9.05 Å². The lowest BCUT2D eigenvalue weighted by atomic mass is 10.0. The van der Waals surface area contributed by atoms with Crippen LogP contribution in [0.25, 0.3) is 0 Å². The summed E-state index contributed by atoms with van der Waals surface area (Å²) in [7, 11) is -2.26. The maximum Gasteiger partial charge on any atom is 0.319 e. The fourth-order valence-electron chi connectivity index (χ4n) is 2.48. The molecule has 0 aliphatic heterocycles. The Balaban J connectivity index is 1.44. The van der Waals surface area contributed by atoms with Gasteiger partial charge in [-0.1, -0.05) is 24.3 Å². The van der Waals surface area contributed by atoms with Gasteiger partial charge in [0.25, 0.3) is 0 Å². The van der Waals surface area contributed by atoms with Crippen LogP contribution in [0.2, 0.25) is 0 Å². The molecule has 2 aliphatic rings. The average Bonchev–Trinajstić information content (AvgIpc) is 3.01. The molecule has 0 unspecified atom stereocenters. The molecule has 0 amide bonds. The standard InChI is InChI=1S/C14H23O3P/c15-18(16-11-9-13-5-1-2-6-13)17-12-10-14-7-3-4-8-14/h1-4,13-14,18H,5-12H2. The summed E-state index contributed by atoms with van der Waals surface area (Å²) in [5, 5.41) is 0. The van der Waals surface area contributed by atoms with E-state index < -0.39 is 8.25 Å². The van der Waals surface area contributed by atoms with Crippen LogP contribution in [-0.2, 0) is 13.6 Å². The second-order valence-electron chi connectivity index (χ2n) is 5.14. The molecule has 0 bridgehead atoms. The smallest absolute Gasteiger partial charge is 0.311 e. The first kappa shape index (κ1) is 14.0. The number of hydrogen-bond acceptors (Lipinski definition) is 3. The van der Waals surface area contributed by atoms with Crippen LogP contribution in [0.15, 0.2) is 24.3 Å². The average molecular weight is 270 g/mol. The summed E-state index contributed by atoms with van der Waals surface area (Å²) in [6, 6.07) is 0. The molecule has 3 nitrogen and oxygen atoms in total. The molecule has 2 rings (SSSR count). The van der Waals surface area contributed by atoms with Crippen LogP contribution in [0.1, 0.15) is 38.5 Å². The molecule has 0 atom stereocenters. The molecule has 0 aromatic carbocycles. The van der Waals surface area contributed by atoms with Gasteiger partial charge in [-0.25, -0.2) is 0 Å². The van der Waals surface area contributed by atoms with Gasteiger partial charge in [0.15, 0.2) is 0 Å². The molecule has 4 heteroatoms. The van der Waals surface area contributed by atoms with Crippen molar-refractivity contribution >= 4 is 8.25 Å². The van der Waals surface area contributed by atoms with Crippen LogP contribution in [0.3, 0.4) is 0 Å². The third-order valence-electron chi connectivity index (χ3n) is 3.70. The Kier molecular flexibility index (Phi) is 6.19. The molecule has 0 saturated heterocycles. The molecule has 0 aromatic rings. The van der Waals surface area contributed by atoms with E-state index in [0.29, 0.717) is 25.0 Å². The van der Waals surface area contributed by atoms with E-state index in [2.05, 4.69) is 24.3 Å². The number of allylic oxidation sites excluding steroid dienone is 4. The molecular weight excluding hydrogens is 247 g/mol. The fourth-order valence-corrected chi connectivity index (χ4v) is 3.13. The first-order valence-electron chi connectivity index (χ1n) is 6.94. The second-order valence-corrected chi connectivity index (χ2v) is 6.22. The zero-order chi connectivity index (χ0) is 12.6. The third kappa shape index (κ3) is 5.09. The zero-order valence-corrected chi connectivity index (χ0v) is 11.8. The summed E-state index contributed by atoms with van der Waals surface area (Å²) < 4.78 is 22.0. The first-order chi connectivity index (χ1) is 8.84. The van der Waals surface area contributed by atoms with Gasteiger partial charge < -0.3 is 9.05 Å². The maximum absolute atomic E-state index is 11.5. The van der Waals surface area contributed by atoms with Gasteiger partial charge in [0.1, 0.15) is 0 Å². The van der Waals surface area contributed by atoms with Crippen LogP contribution < -0.4 is 0 Å². The Bertz CT molecular complexity index is 279. The Morgan fingerprint density at radius 3 is 1.61 bits per heavy atom. The highest BCUT2D eigenvalue weighted by molar-refractivity contribution is 7.33. The van der Waals surface area contributed by atoms with Gasteiger partial charge in [-0.3, -0.25) is 4.57 Å². The van der Waals surface area contributed by atoms with E-state index in [0.717, 1.165) is 38.5 Å².